The molecule has 156 valence electrons. The van der Waals surface area contributed by atoms with Crippen LogP contribution in [0.3, 0.4) is 0 Å². The molecule has 0 heteroatoms. The highest BCUT2D eigenvalue weighted by Gasteiger charge is 2.36. The Morgan fingerprint density at radius 2 is 1.52 bits per heavy atom. The third-order valence-corrected chi connectivity index (χ3v) is 5.49. The monoisotopic (exact) mass is 388 g/mol. The summed E-state index contributed by atoms with van der Waals surface area (Å²) in [6.45, 7) is 6.19. The van der Waals surface area contributed by atoms with Crippen molar-refractivity contribution < 1.29 is 0 Å². The maximum atomic E-state index is 5.89. The topological polar surface area (TPSA) is 0 Å². The van der Waals surface area contributed by atoms with Gasteiger partial charge in [-0.25, -0.2) is 0 Å². The molecule has 0 aliphatic heterocycles. The van der Waals surface area contributed by atoms with Gasteiger partial charge in [0, 0.05) is 44.9 Å². The Hall–Kier alpha value is -2.20. The first-order valence-electron chi connectivity index (χ1n) is 11.4. The van der Waals surface area contributed by atoms with Crippen molar-refractivity contribution in [1.29, 1.82) is 0 Å². The molecule has 0 aromatic heterocycles. The molecular weight excluding hydrogens is 348 g/mol. The zero-order valence-electron chi connectivity index (χ0n) is 19.1. The van der Waals surface area contributed by atoms with Gasteiger partial charge >= 0.3 is 0 Å². The normalized spacial score (nSPS) is 12.4. The minimum Gasteiger partial charge on any atom is -0.120 e. The third-order valence-electron chi connectivity index (χ3n) is 5.49. The van der Waals surface area contributed by atoms with Gasteiger partial charge in [0.05, 0.1) is 0 Å². The van der Waals surface area contributed by atoms with Crippen molar-refractivity contribution >= 4 is 0 Å². The summed E-state index contributed by atoms with van der Waals surface area (Å²) in [4.78, 5) is 0. The van der Waals surface area contributed by atoms with Crippen LogP contribution in [0.4, 0.5) is 0 Å². The van der Waals surface area contributed by atoms with Gasteiger partial charge in [0.25, 0.3) is 0 Å². The van der Waals surface area contributed by atoms with Gasteiger partial charge in [-0.3, -0.25) is 0 Å². The minimum absolute atomic E-state index is 0.119. The van der Waals surface area contributed by atoms with Crippen LogP contribution in [0.15, 0.2) is 0 Å². The molecule has 0 bridgehead atoms. The smallest absolute Gasteiger partial charge is 0.0146 e. The van der Waals surface area contributed by atoms with Crippen LogP contribution in [-0.2, 0) is 0 Å². The van der Waals surface area contributed by atoms with Crippen LogP contribution in [0.1, 0.15) is 111 Å². The largest absolute Gasteiger partial charge is 0.120 e. The summed E-state index contributed by atoms with van der Waals surface area (Å²) in [5, 5.41) is 0. The highest BCUT2D eigenvalue weighted by Crippen LogP contribution is 2.45. The average molecular weight is 389 g/mol. The molecule has 2 unspecified atom stereocenters. The molecule has 0 N–H and O–H groups in total. The molecule has 0 amide bonds. The van der Waals surface area contributed by atoms with Crippen LogP contribution in [0.5, 0.6) is 0 Å². The van der Waals surface area contributed by atoms with Crippen LogP contribution in [0, 0.1) is 71.5 Å². The van der Waals surface area contributed by atoms with Crippen molar-refractivity contribution in [2.24, 2.45) is 11.3 Å². The van der Waals surface area contributed by atoms with Crippen molar-refractivity contribution in [1.82, 2.24) is 0 Å². The van der Waals surface area contributed by atoms with Crippen molar-refractivity contribution in [2.45, 2.75) is 111 Å². The van der Waals surface area contributed by atoms with Crippen molar-refractivity contribution in [3.63, 3.8) is 0 Å². The molecule has 0 rings (SSSR count). The summed E-state index contributed by atoms with van der Waals surface area (Å²) in [7, 11) is 0. The third kappa shape index (κ3) is 12.8. The van der Waals surface area contributed by atoms with Gasteiger partial charge in [-0.2, -0.15) is 0 Å². The van der Waals surface area contributed by atoms with E-state index in [1.807, 2.05) is 6.92 Å². The lowest BCUT2D eigenvalue weighted by molar-refractivity contribution is 0.121. The quantitative estimate of drug-likeness (QED) is 0.228. The van der Waals surface area contributed by atoms with Gasteiger partial charge in [-0.15, -0.1) is 60.2 Å². The summed E-state index contributed by atoms with van der Waals surface area (Å²) >= 11 is 0. The van der Waals surface area contributed by atoms with E-state index in [0.29, 0.717) is 5.92 Å². The van der Waals surface area contributed by atoms with Gasteiger partial charge in [-0.05, 0) is 56.8 Å². The Kier molecular flexibility index (Phi) is 17.7. The van der Waals surface area contributed by atoms with E-state index in [0.717, 1.165) is 89.9 Å². The molecule has 0 aliphatic rings. The first-order valence-corrected chi connectivity index (χ1v) is 11.4. The lowest BCUT2D eigenvalue weighted by Crippen LogP contribution is -2.31. The highest BCUT2D eigenvalue weighted by atomic mass is 14.4. The van der Waals surface area contributed by atoms with Gasteiger partial charge in [0.15, 0.2) is 0 Å². The summed E-state index contributed by atoms with van der Waals surface area (Å²) in [5.74, 6) is 25.9. The number of rotatable bonds is 13. The van der Waals surface area contributed by atoms with Crippen LogP contribution in [-0.4, -0.2) is 0 Å². The van der Waals surface area contributed by atoms with Crippen LogP contribution in [0.2, 0.25) is 0 Å². The minimum atomic E-state index is 0.119. The predicted molar refractivity (Wildman–Crippen MR) is 129 cm³/mol. The number of unbranched alkanes of at least 4 members (excludes halogenated alkanes) is 4. The van der Waals surface area contributed by atoms with E-state index >= 15 is 0 Å². The average Bonchev–Trinajstić information content (AvgIpc) is 2.73. The Morgan fingerprint density at radius 1 is 0.759 bits per heavy atom. The number of hydrogen-bond donors (Lipinski definition) is 0. The summed E-state index contributed by atoms with van der Waals surface area (Å²) in [6.07, 6.45) is 25.4. The van der Waals surface area contributed by atoms with E-state index in [-0.39, 0.29) is 5.41 Å². The van der Waals surface area contributed by atoms with E-state index < -0.39 is 0 Å². The maximum Gasteiger partial charge on any atom is 0.0146 e. The van der Waals surface area contributed by atoms with E-state index in [2.05, 4.69) is 61.2 Å². The van der Waals surface area contributed by atoms with E-state index in [4.69, 9.17) is 12.8 Å². The van der Waals surface area contributed by atoms with Crippen LogP contribution >= 0.6 is 0 Å². The summed E-state index contributed by atoms with van der Waals surface area (Å²) in [5.41, 5.74) is 0.119. The standard InChI is InChI=1S/C29H40/c1-6-11-15-19-23-28(24-20-16-12-7-2)29(25-10-5,26-21-17-13-8-3)27-22-18-14-9-4/h3,5,28H,6-7,11,13,17-18,20-27H2,1-2,4H3. The Morgan fingerprint density at radius 3 is 2.17 bits per heavy atom. The molecule has 0 aromatic carbocycles. The molecule has 0 saturated heterocycles. The number of hydrogen-bond acceptors (Lipinski definition) is 0. The second-order valence-electron chi connectivity index (χ2n) is 7.69. The molecule has 0 nitrogen and oxygen atoms in total. The fourth-order valence-corrected chi connectivity index (χ4v) is 3.91. The van der Waals surface area contributed by atoms with E-state index in [9.17, 15) is 0 Å². The molecule has 0 heterocycles. The molecule has 0 radical (unpaired) electrons. The molecule has 0 fully saturated rings. The molecular formula is C29H40. The summed E-state index contributed by atoms with van der Waals surface area (Å²) < 4.78 is 0. The van der Waals surface area contributed by atoms with Crippen molar-refractivity contribution in [3.05, 3.63) is 0 Å². The highest BCUT2D eigenvalue weighted by molar-refractivity contribution is 5.07. The Labute approximate surface area is 182 Å². The van der Waals surface area contributed by atoms with Gasteiger partial charge in [0.2, 0.25) is 0 Å². The SMILES string of the molecule is C#CCCCCC(CC#C)(CCCC#CC)C(CC#CCCC)CCC#CCC. The van der Waals surface area contributed by atoms with Crippen molar-refractivity contribution in [3.8, 4) is 60.2 Å². The fourth-order valence-electron chi connectivity index (χ4n) is 3.91. The molecule has 0 aromatic rings. The van der Waals surface area contributed by atoms with Crippen LogP contribution < -0.4 is 0 Å². The zero-order chi connectivity index (χ0) is 21.6. The van der Waals surface area contributed by atoms with Gasteiger partial charge in [0.1, 0.15) is 0 Å². The lowest BCUT2D eigenvalue weighted by Gasteiger charge is -2.40. The fraction of sp³-hybridized carbons (Fsp3) is 0.655. The number of terminal acetylenes is 2. The van der Waals surface area contributed by atoms with Gasteiger partial charge in [-0.1, -0.05) is 20.3 Å². The molecule has 2 atom stereocenters. The van der Waals surface area contributed by atoms with E-state index in [1.54, 1.807) is 0 Å². The molecule has 0 aliphatic carbocycles. The predicted octanol–water partition coefficient (Wildman–Crippen LogP) is 7.39. The second kappa shape index (κ2) is 19.1. The molecule has 0 spiro atoms. The summed E-state index contributed by atoms with van der Waals surface area (Å²) in [6, 6.07) is 0. The first kappa shape index (κ1) is 26.8. The van der Waals surface area contributed by atoms with E-state index in [1.165, 1.54) is 0 Å². The lowest BCUT2D eigenvalue weighted by atomic mass is 9.64. The Balaban J connectivity index is 5.60. The second-order valence-corrected chi connectivity index (χ2v) is 7.69. The van der Waals surface area contributed by atoms with Gasteiger partial charge < -0.3 is 0 Å². The first-order chi connectivity index (χ1) is 14.2. The Bertz CT molecular complexity index is 677. The molecule has 0 saturated carbocycles. The zero-order valence-corrected chi connectivity index (χ0v) is 19.1. The van der Waals surface area contributed by atoms with Crippen molar-refractivity contribution in [2.75, 3.05) is 0 Å². The molecule has 29 heavy (non-hydrogen) atoms. The van der Waals surface area contributed by atoms with Crippen LogP contribution in [0.25, 0.3) is 0 Å². The maximum absolute atomic E-state index is 5.89.